The first-order chi connectivity index (χ1) is 9.16. The second-order valence-corrected chi connectivity index (χ2v) is 6.92. The highest BCUT2D eigenvalue weighted by Crippen LogP contribution is 2.23. The van der Waals surface area contributed by atoms with Crippen molar-refractivity contribution in [2.45, 2.75) is 57.5 Å². The fourth-order valence-electron chi connectivity index (χ4n) is 3.83. The van der Waals surface area contributed by atoms with E-state index in [1.54, 1.807) is 0 Å². The Labute approximate surface area is 119 Å². The highest BCUT2D eigenvalue weighted by molar-refractivity contribution is 4.83. The van der Waals surface area contributed by atoms with Gasteiger partial charge >= 0.3 is 0 Å². The molecule has 2 fully saturated rings. The Morgan fingerprint density at radius 3 is 2.63 bits per heavy atom. The fraction of sp³-hybridized carbons (Fsp3) is 1.00. The molecule has 1 saturated heterocycles. The number of nitrogens with zero attached hydrogens (tertiary/aromatic N) is 2. The predicted octanol–water partition coefficient (Wildman–Crippen LogP) is 2.18. The molecule has 0 bridgehead atoms. The zero-order chi connectivity index (χ0) is 13.7. The maximum absolute atomic E-state index is 3.82. The highest BCUT2D eigenvalue weighted by atomic mass is 15.2. The van der Waals surface area contributed by atoms with Gasteiger partial charge < -0.3 is 10.2 Å². The van der Waals surface area contributed by atoms with Crippen LogP contribution in [0, 0.1) is 5.92 Å². The first-order valence-corrected chi connectivity index (χ1v) is 8.29. The van der Waals surface area contributed by atoms with Crippen LogP contribution in [0.25, 0.3) is 0 Å². The first-order valence-electron chi connectivity index (χ1n) is 8.29. The van der Waals surface area contributed by atoms with E-state index in [0.29, 0.717) is 0 Å². The molecule has 112 valence electrons. The lowest BCUT2D eigenvalue weighted by atomic mass is 9.86. The largest absolute Gasteiger partial charge is 0.312 e. The molecule has 3 atom stereocenters. The van der Waals surface area contributed by atoms with Crippen molar-refractivity contribution in [2.75, 3.05) is 40.3 Å². The van der Waals surface area contributed by atoms with Crippen LogP contribution in [-0.4, -0.2) is 62.2 Å². The Morgan fingerprint density at radius 2 is 1.89 bits per heavy atom. The van der Waals surface area contributed by atoms with Gasteiger partial charge in [-0.2, -0.15) is 0 Å². The van der Waals surface area contributed by atoms with Crippen molar-refractivity contribution in [3.05, 3.63) is 0 Å². The van der Waals surface area contributed by atoms with Gasteiger partial charge in [0, 0.05) is 31.7 Å². The lowest BCUT2D eigenvalue weighted by Crippen LogP contribution is -2.44. The van der Waals surface area contributed by atoms with Crippen LogP contribution in [0.3, 0.4) is 0 Å². The lowest BCUT2D eigenvalue weighted by Gasteiger charge is -2.32. The molecule has 2 rings (SSSR count). The molecule has 0 amide bonds. The molecule has 1 heterocycles. The summed E-state index contributed by atoms with van der Waals surface area (Å²) in [6, 6.07) is 1.57. The van der Waals surface area contributed by atoms with Crippen LogP contribution < -0.4 is 5.32 Å². The van der Waals surface area contributed by atoms with E-state index in [1.807, 2.05) is 0 Å². The van der Waals surface area contributed by atoms with E-state index in [4.69, 9.17) is 0 Å². The molecule has 19 heavy (non-hydrogen) atoms. The minimum Gasteiger partial charge on any atom is -0.312 e. The summed E-state index contributed by atoms with van der Waals surface area (Å²) in [5, 5.41) is 3.82. The molecule has 0 aromatic heterocycles. The quantitative estimate of drug-likeness (QED) is 0.796. The standard InChI is InChI=1S/C16H33N3/c1-14-7-4-5-9-16(14)17-10-12-19-11-6-8-15(19)13-18(2)3/h14-17H,4-13H2,1-3H3. The SMILES string of the molecule is CC1CCCCC1NCCN1CCCC1CN(C)C. The number of hydrogen-bond donors (Lipinski definition) is 1. The minimum absolute atomic E-state index is 0.781. The summed E-state index contributed by atoms with van der Waals surface area (Å²) in [5.74, 6) is 0.880. The van der Waals surface area contributed by atoms with E-state index in [-0.39, 0.29) is 0 Å². The monoisotopic (exact) mass is 267 g/mol. The van der Waals surface area contributed by atoms with Gasteiger partial charge in [-0.15, -0.1) is 0 Å². The van der Waals surface area contributed by atoms with Gasteiger partial charge in [-0.25, -0.2) is 0 Å². The zero-order valence-electron chi connectivity index (χ0n) is 13.2. The molecule has 1 aliphatic carbocycles. The Hall–Kier alpha value is -0.120. The van der Waals surface area contributed by atoms with Crippen LogP contribution in [0.1, 0.15) is 45.4 Å². The van der Waals surface area contributed by atoms with E-state index in [1.165, 1.54) is 64.7 Å². The Kier molecular flexibility index (Phi) is 6.11. The number of likely N-dealkylation sites (N-methyl/N-ethyl adjacent to an activating group) is 1. The minimum atomic E-state index is 0.781. The molecule has 0 spiro atoms. The fourth-order valence-corrected chi connectivity index (χ4v) is 3.83. The summed E-state index contributed by atoms with van der Waals surface area (Å²) in [4.78, 5) is 5.03. The summed E-state index contributed by atoms with van der Waals surface area (Å²) in [6.07, 6.45) is 8.45. The second-order valence-electron chi connectivity index (χ2n) is 6.92. The number of hydrogen-bond acceptors (Lipinski definition) is 3. The van der Waals surface area contributed by atoms with Crippen LogP contribution in [0.4, 0.5) is 0 Å². The molecule has 1 N–H and O–H groups in total. The van der Waals surface area contributed by atoms with Crippen molar-refractivity contribution >= 4 is 0 Å². The summed E-state index contributed by atoms with van der Waals surface area (Å²) >= 11 is 0. The van der Waals surface area contributed by atoms with E-state index in [9.17, 15) is 0 Å². The summed E-state index contributed by atoms with van der Waals surface area (Å²) < 4.78 is 0. The van der Waals surface area contributed by atoms with Crippen LogP contribution in [0.5, 0.6) is 0 Å². The van der Waals surface area contributed by atoms with Gasteiger partial charge in [-0.1, -0.05) is 19.8 Å². The second kappa shape index (κ2) is 7.61. The van der Waals surface area contributed by atoms with Crippen LogP contribution in [0.2, 0.25) is 0 Å². The molecule has 0 radical (unpaired) electrons. The molecule has 1 aliphatic heterocycles. The van der Waals surface area contributed by atoms with Crippen molar-refractivity contribution in [3.63, 3.8) is 0 Å². The molecule has 3 nitrogen and oxygen atoms in total. The Balaban J connectivity index is 1.66. The third-order valence-electron chi connectivity index (χ3n) is 4.99. The molecule has 2 aliphatic rings. The number of rotatable bonds is 6. The summed E-state index contributed by atoms with van der Waals surface area (Å²) in [7, 11) is 4.39. The number of likely N-dealkylation sites (tertiary alicyclic amines) is 1. The van der Waals surface area contributed by atoms with Gasteiger partial charge in [0.25, 0.3) is 0 Å². The average molecular weight is 267 g/mol. The topological polar surface area (TPSA) is 18.5 Å². The van der Waals surface area contributed by atoms with Crippen molar-refractivity contribution in [3.8, 4) is 0 Å². The number of nitrogens with one attached hydrogen (secondary N) is 1. The average Bonchev–Trinajstić information content (AvgIpc) is 2.78. The molecule has 3 heteroatoms. The molecule has 1 saturated carbocycles. The Morgan fingerprint density at radius 1 is 1.11 bits per heavy atom. The van der Waals surface area contributed by atoms with Crippen molar-refractivity contribution in [2.24, 2.45) is 5.92 Å². The van der Waals surface area contributed by atoms with E-state index >= 15 is 0 Å². The van der Waals surface area contributed by atoms with Gasteiger partial charge in [0.05, 0.1) is 0 Å². The van der Waals surface area contributed by atoms with Crippen molar-refractivity contribution < 1.29 is 0 Å². The predicted molar refractivity (Wildman–Crippen MR) is 82.6 cm³/mol. The summed E-state index contributed by atoms with van der Waals surface area (Å²) in [6.45, 7) is 7.36. The van der Waals surface area contributed by atoms with Gasteiger partial charge in [0.2, 0.25) is 0 Å². The first kappa shape index (κ1) is 15.3. The molecule has 0 aromatic rings. The Bertz CT molecular complexity index is 254. The van der Waals surface area contributed by atoms with Crippen LogP contribution in [-0.2, 0) is 0 Å². The van der Waals surface area contributed by atoms with Gasteiger partial charge in [0.15, 0.2) is 0 Å². The van der Waals surface area contributed by atoms with Gasteiger partial charge in [-0.3, -0.25) is 4.90 Å². The summed E-state index contributed by atoms with van der Waals surface area (Å²) in [5.41, 5.74) is 0. The lowest BCUT2D eigenvalue weighted by molar-refractivity contribution is 0.198. The smallest absolute Gasteiger partial charge is 0.0223 e. The maximum atomic E-state index is 3.82. The van der Waals surface area contributed by atoms with Crippen LogP contribution in [0.15, 0.2) is 0 Å². The van der Waals surface area contributed by atoms with Crippen molar-refractivity contribution in [1.29, 1.82) is 0 Å². The molecular weight excluding hydrogens is 234 g/mol. The van der Waals surface area contributed by atoms with Gasteiger partial charge in [-0.05, 0) is 52.2 Å². The molecule has 3 unspecified atom stereocenters. The normalized spacial score (nSPS) is 33.2. The third kappa shape index (κ3) is 4.73. The third-order valence-corrected chi connectivity index (χ3v) is 4.99. The van der Waals surface area contributed by atoms with Crippen LogP contribution >= 0.6 is 0 Å². The zero-order valence-corrected chi connectivity index (χ0v) is 13.2. The van der Waals surface area contributed by atoms with E-state index < -0.39 is 0 Å². The molecule has 0 aromatic carbocycles. The maximum Gasteiger partial charge on any atom is 0.0223 e. The van der Waals surface area contributed by atoms with Crippen molar-refractivity contribution in [1.82, 2.24) is 15.1 Å². The molecular formula is C16H33N3. The van der Waals surface area contributed by atoms with Gasteiger partial charge in [0.1, 0.15) is 0 Å². The highest BCUT2D eigenvalue weighted by Gasteiger charge is 2.25. The van der Waals surface area contributed by atoms with E-state index in [2.05, 4.69) is 36.1 Å². The van der Waals surface area contributed by atoms with E-state index in [0.717, 1.165) is 18.0 Å².